The second kappa shape index (κ2) is 6.08. The van der Waals surface area contributed by atoms with Crippen LogP contribution >= 0.6 is 0 Å². The van der Waals surface area contributed by atoms with Crippen LogP contribution in [0.5, 0.6) is 0 Å². The first-order valence-corrected chi connectivity index (χ1v) is 6.23. The Hall–Kier alpha value is -2.53. The molecular weight excluding hydrogens is 254 g/mol. The maximum absolute atomic E-state index is 10.9. The Labute approximate surface area is 117 Å². The Kier molecular flexibility index (Phi) is 4.22. The molecule has 0 radical (unpaired) electrons. The molecule has 0 aliphatic rings. The summed E-state index contributed by atoms with van der Waals surface area (Å²) in [5.74, 6) is -0.460. The summed E-state index contributed by atoms with van der Waals surface area (Å²) in [5.41, 5.74) is 13.5. The third kappa shape index (κ3) is 3.49. The van der Waals surface area contributed by atoms with Crippen molar-refractivity contribution >= 4 is 17.3 Å². The fourth-order valence-corrected chi connectivity index (χ4v) is 1.80. The number of carbonyl (C=O) groups excluding carboxylic acids is 1. The van der Waals surface area contributed by atoms with Crippen molar-refractivity contribution in [3.8, 4) is 0 Å². The van der Waals surface area contributed by atoms with Crippen molar-refractivity contribution < 1.29 is 9.90 Å². The lowest BCUT2D eigenvalue weighted by Crippen LogP contribution is -2.13. The van der Waals surface area contributed by atoms with Crippen molar-refractivity contribution in [1.82, 2.24) is 0 Å². The molecule has 0 saturated heterocycles. The number of carbonyl (C=O) groups is 1. The molecule has 0 aliphatic carbocycles. The van der Waals surface area contributed by atoms with Crippen LogP contribution in [0.15, 0.2) is 48.5 Å². The van der Waals surface area contributed by atoms with Gasteiger partial charge in [0.2, 0.25) is 5.91 Å². The van der Waals surface area contributed by atoms with Crippen molar-refractivity contribution in [3.05, 3.63) is 59.7 Å². The van der Waals surface area contributed by atoms with Crippen LogP contribution in [-0.2, 0) is 0 Å². The van der Waals surface area contributed by atoms with Crippen molar-refractivity contribution in [2.75, 3.05) is 17.6 Å². The minimum Gasteiger partial charge on any atom is -0.399 e. The van der Waals surface area contributed by atoms with Gasteiger partial charge in [-0.15, -0.1) is 0 Å². The zero-order valence-electron chi connectivity index (χ0n) is 10.9. The lowest BCUT2D eigenvalue weighted by Gasteiger charge is -2.13. The van der Waals surface area contributed by atoms with Crippen LogP contribution in [0.3, 0.4) is 0 Å². The second-order valence-electron chi connectivity index (χ2n) is 4.50. The number of nitrogen functional groups attached to an aromatic ring is 1. The van der Waals surface area contributed by atoms with Gasteiger partial charge in [-0.25, -0.2) is 0 Å². The van der Waals surface area contributed by atoms with Gasteiger partial charge in [-0.2, -0.15) is 0 Å². The van der Waals surface area contributed by atoms with Gasteiger partial charge in [0.05, 0.1) is 6.10 Å². The van der Waals surface area contributed by atoms with Gasteiger partial charge in [-0.05, 0) is 42.0 Å². The number of primary amides is 1. The molecule has 2 aromatic rings. The normalized spacial score (nSPS) is 11.8. The van der Waals surface area contributed by atoms with Crippen LogP contribution in [-0.4, -0.2) is 17.6 Å². The van der Waals surface area contributed by atoms with E-state index >= 15 is 0 Å². The predicted octanol–water partition coefficient (Wildman–Crippen LogP) is 1.51. The maximum atomic E-state index is 10.9. The molecule has 0 aliphatic heterocycles. The zero-order chi connectivity index (χ0) is 14.5. The van der Waals surface area contributed by atoms with Gasteiger partial charge in [-0.3, -0.25) is 4.79 Å². The number of anilines is 2. The van der Waals surface area contributed by atoms with E-state index in [0.717, 1.165) is 11.3 Å². The highest BCUT2D eigenvalue weighted by atomic mass is 16.3. The molecular formula is C15H17N3O2. The lowest BCUT2D eigenvalue weighted by atomic mass is 10.1. The Bertz CT molecular complexity index is 579. The molecule has 5 heteroatoms. The lowest BCUT2D eigenvalue weighted by molar-refractivity contribution is 0.100. The number of hydrogen-bond acceptors (Lipinski definition) is 4. The number of nitrogens with one attached hydrogen (secondary N) is 1. The molecule has 1 unspecified atom stereocenters. The van der Waals surface area contributed by atoms with Crippen LogP contribution in [0, 0.1) is 0 Å². The molecule has 0 heterocycles. The van der Waals surface area contributed by atoms with Crippen molar-refractivity contribution in [2.45, 2.75) is 6.10 Å². The average molecular weight is 271 g/mol. The molecule has 0 aromatic heterocycles. The number of rotatable bonds is 5. The molecule has 0 spiro atoms. The number of amides is 1. The average Bonchev–Trinajstić information content (AvgIpc) is 2.46. The fourth-order valence-electron chi connectivity index (χ4n) is 1.80. The summed E-state index contributed by atoms with van der Waals surface area (Å²) in [5, 5.41) is 13.1. The molecule has 2 rings (SSSR count). The summed E-state index contributed by atoms with van der Waals surface area (Å²) >= 11 is 0. The molecule has 5 nitrogen and oxygen atoms in total. The Balaban J connectivity index is 1.94. The van der Waals surface area contributed by atoms with E-state index in [1.165, 1.54) is 0 Å². The Morgan fingerprint density at radius 2 is 1.70 bits per heavy atom. The van der Waals surface area contributed by atoms with Gasteiger partial charge in [0.25, 0.3) is 0 Å². The minimum absolute atomic E-state index is 0.361. The van der Waals surface area contributed by atoms with Gasteiger partial charge in [0.1, 0.15) is 0 Å². The molecule has 0 bridgehead atoms. The maximum Gasteiger partial charge on any atom is 0.248 e. The van der Waals surface area contributed by atoms with E-state index in [4.69, 9.17) is 11.5 Å². The number of benzene rings is 2. The van der Waals surface area contributed by atoms with E-state index in [9.17, 15) is 9.90 Å². The van der Waals surface area contributed by atoms with Gasteiger partial charge in [-0.1, -0.05) is 12.1 Å². The highest BCUT2D eigenvalue weighted by Gasteiger charge is 2.07. The fraction of sp³-hybridized carbons (Fsp3) is 0.133. The molecule has 0 fully saturated rings. The molecule has 0 saturated carbocycles. The largest absolute Gasteiger partial charge is 0.399 e. The SMILES string of the molecule is NC(=O)c1ccc(NCC(O)c2ccc(N)cc2)cc1. The van der Waals surface area contributed by atoms with Crippen LogP contribution in [0.1, 0.15) is 22.0 Å². The Morgan fingerprint density at radius 1 is 1.10 bits per heavy atom. The minimum atomic E-state index is -0.633. The summed E-state index contributed by atoms with van der Waals surface area (Å²) in [6.45, 7) is 0.361. The molecule has 20 heavy (non-hydrogen) atoms. The van der Waals surface area contributed by atoms with E-state index in [1.54, 1.807) is 48.5 Å². The smallest absolute Gasteiger partial charge is 0.248 e. The first-order chi connectivity index (χ1) is 9.56. The number of nitrogens with two attached hydrogens (primary N) is 2. The van der Waals surface area contributed by atoms with Crippen molar-refractivity contribution in [3.63, 3.8) is 0 Å². The highest BCUT2D eigenvalue weighted by molar-refractivity contribution is 5.93. The summed E-state index contributed by atoms with van der Waals surface area (Å²) in [4.78, 5) is 10.9. The van der Waals surface area contributed by atoms with Crippen LogP contribution < -0.4 is 16.8 Å². The second-order valence-corrected chi connectivity index (χ2v) is 4.50. The third-order valence-corrected chi connectivity index (χ3v) is 2.99. The molecule has 1 amide bonds. The standard InChI is InChI=1S/C15H17N3O2/c16-12-5-1-10(2-6-12)14(19)9-18-13-7-3-11(4-8-13)15(17)20/h1-8,14,18-19H,9,16H2,(H2,17,20). The van der Waals surface area contributed by atoms with E-state index in [0.29, 0.717) is 17.8 Å². The van der Waals surface area contributed by atoms with Gasteiger partial charge < -0.3 is 21.9 Å². The van der Waals surface area contributed by atoms with Crippen molar-refractivity contribution in [2.24, 2.45) is 5.73 Å². The zero-order valence-corrected chi connectivity index (χ0v) is 10.9. The third-order valence-electron chi connectivity index (χ3n) is 2.99. The van der Waals surface area contributed by atoms with Crippen LogP contribution in [0.2, 0.25) is 0 Å². The van der Waals surface area contributed by atoms with Gasteiger partial charge in [0.15, 0.2) is 0 Å². The Morgan fingerprint density at radius 3 is 2.25 bits per heavy atom. The molecule has 6 N–H and O–H groups in total. The van der Waals surface area contributed by atoms with E-state index in [2.05, 4.69) is 5.32 Å². The monoisotopic (exact) mass is 271 g/mol. The van der Waals surface area contributed by atoms with Crippen LogP contribution in [0.4, 0.5) is 11.4 Å². The predicted molar refractivity (Wildman–Crippen MR) is 79.3 cm³/mol. The molecule has 2 aromatic carbocycles. The highest BCUT2D eigenvalue weighted by Crippen LogP contribution is 2.16. The van der Waals surface area contributed by atoms with Gasteiger partial charge >= 0.3 is 0 Å². The van der Waals surface area contributed by atoms with Crippen LogP contribution in [0.25, 0.3) is 0 Å². The summed E-state index contributed by atoms with van der Waals surface area (Å²) in [6.07, 6.45) is -0.633. The van der Waals surface area contributed by atoms with E-state index < -0.39 is 12.0 Å². The topological polar surface area (TPSA) is 101 Å². The summed E-state index contributed by atoms with van der Waals surface area (Å²) in [6, 6.07) is 13.8. The quantitative estimate of drug-likeness (QED) is 0.619. The number of hydrogen-bond donors (Lipinski definition) is 4. The molecule has 1 atom stereocenters. The van der Waals surface area contributed by atoms with Gasteiger partial charge in [0, 0.05) is 23.5 Å². The number of aliphatic hydroxyl groups is 1. The first-order valence-electron chi connectivity index (χ1n) is 6.23. The summed E-state index contributed by atoms with van der Waals surface area (Å²) < 4.78 is 0. The van der Waals surface area contributed by atoms with Crippen molar-refractivity contribution in [1.29, 1.82) is 0 Å². The first kappa shape index (κ1) is 13.9. The molecule has 104 valence electrons. The van der Waals surface area contributed by atoms with E-state index in [-0.39, 0.29) is 0 Å². The van der Waals surface area contributed by atoms with E-state index in [1.807, 2.05) is 0 Å². The number of aliphatic hydroxyl groups excluding tert-OH is 1. The summed E-state index contributed by atoms with van der Waals surface area (Å²) in [7, 11) is 0.